The van der Waals surface area contributed by atoms with Crippen molar-refractivity contribution in [2.24, 2.45) is 0 Å². The Morgan fingerprint density at radius 2 is 1.74 bits per heavy atom. The Kier molecular flexibility index (Phi) is 5.82. The highest BCUT2D eigenvalue weighted by atomic mass is 35.5. The molecule has 1 atom stereocenters. The van der Waals surface area contributed by atoms with Gasteiger partial charge in [0.1, 0.15) is 17.6 Å². The lowest BCUT2D eigenvalue weighted by molar-refractivity contribution is -0.113. The molecule has 7 heteroatoms. The molecule has 34 heavy (non-hydrogen) atoms. The van der Waals surface area contributed by atoms with Gasteiger partial charge in [0.2, 0.25) is 0 Å². The van der Waals surface area contributed by atoms with Crippen LogP contribution in [0.2, 0.25) is 5.02 Å². The quantitative estimate of drug-likeness (QED) is 0.367. The summed E-state index contributed by atoms with van der Waals surface area (Å²) in [5, 5.41) is 11.9. The summed E-state index contributed by atoms with van der Waals surface area (Å²) in [6.45, 7) is 1.91. The highest BCUT2D eigenvalue weighted by Crippen LogP contribution is 2.38. The van der Waals surface area contributed by atoms with Crippen LogP contribution in [0.3, 0.4) is 0 Å². The molecule has 0 bridgehead atoms. The Bertz CT molecular complexity index is 1360. The molecule has 3 aromatic carbocycles. The Balaban J connectivity index is 1.58. The molecule has 0 aliphatic carbocycles. The van der Waals surface area contributed by atoms with Crippen molar-refractivity contribution in [2.75, 3.05) is 17.7 Å². The first-order valence-electron chi connectivity index (χ1n) is 10.9. The molecule has 1 aliphatic heterocycles. The number of hydrogen-bond donors (Lipinski definition) is 2. The topological polar surface area (TPSA) is 68.2 Å². The van der Waals surface area contributed by atoms with Crippen molar-refractivity contribution < 1.29 is 9.53 Å². The minimum Gasteiger partial charge on any atom is -0.497 e. The molecule has 0 spiro atoms. The predicted molar refractivity (Wildman–Crippen MR) is 135 cm³/mol. The second-order valence-corrected chi connectivity index (χ2v) is 8.46. The van der Waals surface area contributed by atoms with Crippen LogP contribution >= 0.6 is 11.6 Å². The Labute approximate surface area is 202 Å². The lowest BCUT2D eigenvalue weighted by Gasteiger charge is -2.29. The van der Waals surface area contributed by atoms with E-state index in [0.717, 1.165) is 39.8 Å². The number of para-hydroxylation sites is 1. The maximum Gasteiger partial charge on any atom is 0.255 e. The van der Waals surface area contributed by atoms with Crippen LogP contribution in [-0.4, -0.2) is 22.8 Å². The number of carbonyl (C=O) groups excluding carboxylic acids is 1. The minimum absolute atomic E-state index is 0.191. The third-order valence-electron chi connectivity index (χ3n) is 5.82. The van der Waals surface area contributed by atoms with E-state index in [-0.39, 0.29) is 5.91 Å². The average molecular weight is 471 g/mol. The van der Waals surface area contributed by atoms with Crippen molar-refractivity contribution in [1.29, 1.82) is 0 Å². The molecule has 0 radical (unpaired) electrons. The number of nitrogens with zero attached hydrogens (tertiary/aromatic N) is 2. The number of fused-ring (bicyclic) bond motifs is 1. The van der Waals surface area contributed by atoms with Gasteiger partial charge in [0.25, 0.3) is 5.91 Å². The molecule has 1 amide bonds. The van der Waals surface area contributed by atoms with Crippen LogP contribution in [0.1, 0.15) is 18.5 Å². The van der Waals surface area contributed by atoms with E-state index in [1.165, 1.54) is 0 Å². The fraction of sp³-hybridized carbons (Fsp3) is 0.111. The van der Waals surface area contributed by atoms with Gasteiger partial charge < -0.3 is 15.4 Å². The van der Waals surface area contributed by atoms with Gasteiger partial charge in [0, 0.05) is 28.0 Å². The van der Waals surface area contributed by atoms with Crippen molar-refractivity contribution in [2.45, 2.75) is 13.0 Å². The number of carbonyl (C=O) groups is 1. The second kappa shape index (κ2) is 9.08. The van der Waals surface area contributed by atoms with E-state index in [4.69, 9.17) is 21.4 Å². The van der Waals surface area contributed by atoms with Crippen LogP contribution in [0.25, 0.3) is 11.3 Å². The summed E-state index contributed by atoms with van der Waals surface area (Å²) in [7, 11) is 1.64. The number of hydrogen-bond acceptors (Lipinski definition) is 4. The van der Waals surface area contributed by atoms with Gasteiger partial charge in [-0.05, 0) is 61.0 Å². The van der Waals surface area contributed by atoms with Crippen LogP contribution in [0, 0.1) is 0 Å². The van der Waals surface area contributed by atoms with E-state index < -0.39 is 6.04 Å². The standard InChI is InChI=1S/C27H23ClN4O2/c1-17-25(27(33)30-21-6-4-3-5-7-21)26(19-8-12-20(28)13-9-19)32-24(29-17)16-23(31-32)18-10-14-22(34-2)15-11-18/h3-16,26,29H,1-2H3,(H,30,33). The number of nitrogens with one attached hydrogen (secondary N) is 2. The average Bonchev–Trinajstić information content (AvgIpc) is 3.28. The molecule has 4 aromatic rings. The lowest BCUT2D eigenvalue weighted by Crippen LogP contribution is -2.31. The number of halogens is 1. The molecule has 0 saturated carbocycles. The zero-order valence-electron chi connectivity index (χ0n) is 18.7. The molecular formula is C27H23ClN4O2. The van der Waals surface area contributed by atoms with Crippen molar-refractivity contribution in [3.05, 3.63) is 107 Å². The van der Waals surface area contributed by atoms with Crippen LogP contribution < -0.4 is 15.4 Å². The number of ether oxygens (including phenoxy) is 1. The zero-order chi connectivity index (χ0) is 23.7. The second-order valence-electron chi connectivity index (χ2n) is 8.03. The van der Waals surface area contributed by atoms with E-state index in [9.17, 15) is 4.79 Å². The van der Waals surface area contributed by atoms with Gasteiger partial charge in [0.05, 0.1) is 18.4 Å². The Morgan fingerprint density at radius 3 is 2.41 bits per heavy atom. The summed E-state index contributed by atoms with van der Waals surface area (Å²) < 4.78 is 7.13. The summed E-state index contributed by atoms with van der Waals surface area (Å²) in [5.74, 6) is 1.39. The first-order chi connectivity index (χ1) is 16.5. The van der Waals surface area contributed by atoms with Crippen molar-refractivity contribution in [3.63, 3.8) is 0 Å². The van der Waals surface area contributed by atoms with E-state index >= 15 is 0 Å². The zero-order valence-corrected chi connectivity index (χ0v) is 19.5. The van der Waals surface area contributed by atoms with Crippen LogP contribution in [-0.2, 0) is 4.79 Å². The van der Waals surface area contributed by atoms with Gasteiger partial charge in [0.15, 0.2) is 0 Å². The van der Waals surface area contributed by atoms with Gasteiger partial charge in [-0.2, -0.15) is 5.10 Å². The number of benzene rings is 3. The molecular weight excluding hydrogens is 448 g/mol. The molecule has 1 unspecified atom stereocenters. The largest absolute Gasteiger partial charge is 0.497 e. The van der Waals surface area contributed by atoms with Crippen molar-refractivity contribution in [3.8, 4) is 17.0 Å². The van der Waals surface area contributed by atoms with E-state index in [1.54, 1.807) is 7.11 Å². The monoisotopic (exact) mass is 470 g/mol. The summed E-state index contributed by atoms with van der Waals surface area (Å²) in [6, 6.07) is 26.2. The third-order valence-corrected chi connectivity index (χ3v) is 6.07. The summed E-state index contributed by atoms with van der Waals surface area (Å²) >= 11 is 6.16. The maximum atomic E-state index is 13.5. The molecule has 170 valence electrons. The third kappa shape index (κ3) is 4.16. The normalized spacial score (nSPS) is 14.9. The predicted octanol–water partition coefficient (Wildman–Crippen LogP) is 6.14. The van der Waals surface area contributed by atoms with E-state index in [2.05, 4.69) is 10.6 Å². The van der Waals surface area contributed by atoms with Gasteiger partial charge in [-0.15, -0.1) is 0 Å². The fourth-order valence-electron chi connectivity index (χ4n) is 4.14. The molecule has 2 N–H and O–H groups in total. The summed E-state index contributed by atoms with van der Waals surface area (Å²) in [6.07, 6.45) is 0. The van der Waals surface area contributed by atoms with Crippen molar-refractivity contribution >= 4 is 29.0 Å². The van der Waals surface area contributed by atoms with Gasteiger partial charge in [-0.1, -0.05) is 41.9 Å². The number of allylic oxidation sites excluding steroid dienone is 1. The Morgan fingerprint density at radius 1 is 1.03 bits per heavy atom. The molecule has 5 rings (SSSR count). The molecule has 1 aromatic heterocycles. The molecule has 0 fully saturated rings. The maximum absolute atomic E-state index is 13.5. The van der Waals surface area contributed by atoms with Crippen LogP contribution in [0.5, 0.6) is 5.75 Å². The first-order valence-corrected chi connectivity index (χ1v) is 11.2. The van der Waals surface area contributed by atoms with E-state index in [1.807, 2.05) is 96.5 Å². The van der Waals surface area contributed by atoms with E-state index in [0.29, 0.717) is 10.6 Å². The number of amides is 1. The molecule has 1 aliphatic rings. The number of aromatic nitrogens is 2. The van der Waals surface area contributed by atoms with Crippen LogP contribution in [0.15, 0.2) is 96.2 Å². The molecule has 2 heterocycles. The van der Waals surface area contributed by atoms with Crippen LogP contribution in [0.4, 0.5) is 11.5 Å². The van der Waals surface area contributed by atoms with Gasteiger partial charge in [-0.25, -0.2) is 4.68 Å². The number of methoxy groups -OCH3 is 1. The van der Waals surface area contributed by atoms with Gasteiger partial charge >= 0.3 is 0 Å². The SMILES string of the molecule is COc1ccc(-c2cc3n(n2)C(c2ccc(Cl)cc2)C(C(=O)Nc2ccccc2)=C(C)N3)cc1. The fourth-order valence-corrected chi connectivity index (χ4v) is 4.27. The summed E-state index contributed by atoms with van der Waals surface area (Å²) in [4.78, 5) is 13.5. The van der Waals surface area contributed by atoms with Gasteiger partial charge in [-0.3, -0.25) is 4.79 Å². The number of anilines is 2. The van der Waals surface area contributed by atoms with Crippen molar-refractivity contribution in [1.82, 2.24) is 9.78 Å². The molecule has 0 saturated heterocycles. The molecule has 6 nitrogen and oxygen atoms in total. The smallest absolute Gasteiger partial charge is 0.255 e. The number of rotatable bonds is 5. The highest BCUT2D eigenvalue weighted by molar-refractivity contribution is 6.30. The highest BCUT2D eigenvalue weighted by Gasteiger charge is 2.33. The first kappa shape index (κ1) is 21.8. The minimum atomic E-state index is -0.427. The summed E-state index contributed by atoms with van der Waals surface area (Å²) in [5.41, 5.74) is 4.74. The lowest BCUT2D eigenvalue weighted by atomic mass is 9.95. The Hall–Kier alpha value is -4.03.